The van der Waals surface area contributed by atoms with Gasteiger partial charge in [-0.2, -0.15) is 0 Å². The molecule has 0 aliphatic heterocycles. The van der Waals surface area contributed by atoms with Gasteiger partial charge in [0.2, 0.25) is 0 Å². The summed E-state index contributed by atoms with van der Waals surface area (Å²) in [6.45, 7) is 6.17. The van der Waals surface area contributed by atoms with Crippen molar-refractivity contribution < 1.29 is 0 Å². The quantitative estimate of drug-likeness (QED) is 0.574. The van der Waals surface area contributed by atoms with E-state index < -0.39 is 0 Å². The van der Waals surface area contributed by atoms with Gasteiger partial charge in [-0.15, -0.1) is 0 Å². The van der Waals surface area contributed by atoms with Crippen LogP contribution in [-0.4, -0.2) is 0 Å². The van der Waals surface area contributed by atoms with Gasteiger partial charge in [-0.3, -0.25) is 0 Å². The summed E-state index contributed by atoms with van der Waals surface area (Å²) in [6, 6.07) is 17.3. The maximum Gasteiger partial charge on any atom is -0.0109 e. The van der Waals surface area contributed by atoms with E-state index in [2.05, 4.69) is 62.0 Å². The Morgan fingerprint density at radius 2 is 1.79 bits per heavy atom. The molecule has 0 saturated carbocycles. The fourth-order valence-electron chi connectivity index (χ4n) is 2.38. The number of rotatable bonds is 6. The van der Waals surface area contributed by atoms with Gasteiger partial charge in [-0.1, -0.05) is 81.0 Å². The first-order valence-electron chi connectivity index (χ1n) is 7.16. The lowest BCUT2D eigenvalue weighted by Crippen LogP contribution is -1.89. The maximum absolute atomic E-state index is 3.92. The van der Waals surface area contributed by atoms with Gasteiger partial charge in [0.25, 0.3) is 0 Å². The highest BCUT2D eigenvalue weighted by molar-refractivity contribution is 5.75. The molecule has 0 radical (unpaired) electrons. The lowest BCUT2D eigenvalue weighted by atomic mass is 9.95. The first-order chi connectivity index (χ1) is 9.35. The third-order valence-corrected chi connectivity index (χ3v) is 3.49. The van der Waals surface area contributed by atoms with Gasteiger partial charge in [0.15, 0.2) is 0 Å². The molecule has 0 fully saturated rings. The summed E-state index contributed by atoms with van der Waals surface area (Å²) >= 11 is 0. The second kappa shape index (κ2) is 6.94. The Kier molecular flexibility index (Phi) is 4.97. The van der Waals surface area contributed by atoms with E-state index in [1.807, 2.05) is 6.08 Å². The number of unbranched alkanes of at least 4 members (excludes halogenated alkanes) is 2. The van der Waals surface area contributed by atoms with Gasteiger partial charge in [0.1, 0.15) is 0 Å². The SMILES string of the molecule is C=Cc1ccc(CCCCC)cc1-c1ccccc1. The van der Waals surface area contributed by atoms with Crippen molar-refractivity contribution >= 4 is 6.08 Å². The maximum atomic E-state index is 3.92. The van der Waals surface area contributed by atoms with Crippen molar-refractivity contribution in [1.82, 2.24) is 0 Å². The Morgan fingerprint density at radius 1 is 1.00 bits per heavy atom. The van der Waals surface area contributed by atoms with Gasteiger partial charge >= 0.3 is 0 Å². The Hall–Kier alpha value is -1.82. The second-order valence-corrected chi connectivity index (χ2v) is 4.95. The average molecular weight is 250 g/mol. The Labute approximate surface area is 116 Å². The molecule has 0 amide bonds. The first kappa shape index (κ1) is 13.6. The molecule has 19 heavy (non-hydrogen) atoms. The third kappa shape index (κ3) is 3.57. The molecule has 98 valence electrons. The molecule has 0 spiro atoms. The largest absolute Gasteiger partial charge is 0.0984 e. The lowest BCUT2D eigenvalue weighted by molar-refractivity contribution is 0.717. The second-order valence-electron chi connectivity index (χ2n) is 4.95. The predicted octanol–water partition coefficient (Wildman–Crippen LogP) is 5.73. The fraction of sp³-hybridized carbons (Fsp3) is 0.263. The summed E-state index contributed by atoms with van der Waals surface area (Å²) in [7, 11) is 0. The molecule has 0 aliphatic carbocycles. The van der Waals surface area contributed by atoms with E-state index in [0.717, 1.165) is 0 Å². The highest BCUT2D eigenvalue weighted by atomic mass is 14.1. The number of hydrogen-bond donors (Lipinski definition) is 0. The van der Waals surface area contributed by atoms with Gasteiger partial charge in [-0.25, -0.2) is 0 Å². The van der Waals surface area contributed by atoms with Crippen LogP contribution >= 0.6 is 0 Å². The minimum Gasteiger partial charge on any atom is -0.0984 e. The molecular weight excluding hydrogens is 228 g/mol. The van der Waals surface area contributed by atoms with Gasteiger partial charge < -0.3 is 0 Å². The molecule has 0 atom stereocenters. The molecule has 2 rings (SSSR count). The Morgan fingerprint density at radius 3 is 2.47 bits per heavy atom. The lowest BCUT2D eigenvalue weighted by Gasteiger charge is -2.09. The van der Waals surface area contributed by atoms with E-state index in [1.165, 1.54) is 47.9 Å². The average Bonchev–Trinajstić information content (AvgIpc) is 2.48. The summed E-state index contributed by atoms with van der Waals surface area (Å²) in [4.78, 5) is 0. The van der Waals surface area contributed by atoms with Gasteiger partial charge in [0, 0.05) is 0 Å². The minimum absolute atomic E-state index is 1.17. The molecule has 0 heterocycles. The van der Waals surface area contributed by atoms with Crippen LogP contribution in [0.5, 0.6) is 0 Å². The van der Waals surface area contributed by atoms with Crippen LogP contribution in [0.25, 0.3) is 17.2 Å². The van der Waals surface area contributed by atoms with Crippen LogP contribution in [0.3, 0.4) is 0 Å². The molecule has 0 nitrogen and oxygen atoms in total. The van der Waals surface area contributed by atoms with Crippen LogP contribution in [0.2, 0.25) is 0 Å². The number of benzene rings is 2. The molecule has 0 heteroatoms. The van der Waals surface area contributed by atoms with Crippen LogP contribution in [-0.2, 0) is 6.42 Å². The fourth-order valence-corrected chi connectivity index (χ4v) is 2.38. The van der Waals surface area contributed by atoms with E-state index in [4.69, 9.17) is 0 Å². The van der Waals surface area contributed by atoms with E-state index in [9.17, 15) is 0 Å². The zero-order valence-corrected chi connectivity index (χ0v) is 11.7. The van der Waals surface area contributed by atoms with Crippen molar-refractivity contribution in [2.75, 3.05) is 0 Å². The molecule has 0 aliphatic rings. The Balaban J connectivity index is 2.29. The van der Waals surface area contributed by atoms with Crippen molar-refractivity contribution in [2.24, 2.45) is 0 Å². The molecule has 2 aromatic carbocycles. The van der Waals surface area contributed by atoms with Crippen LogP contribution in [0, 0.1) is 0 Å². The zero-order valence-electron chi connectivity index (χ0n) is 11.7. The summed E-state index contributed by atoms with van der Waals surface area (Å²) < 4.78 is 0. The van der Waals surface area contributed by atoms with E-state index in [1.54, 1.807) is 0 Å². The molecular formula is C19H22. The highest BCUT2D eigenvalue weighted by Gasteiger charge is 2.04. The molecule has 0 aromatic heterocycles. The molecule has 0 bridgehead atoms. The minimum atomic E-state index is 1.17. The summed E-state index contributed by atoms with van der Waals surface area (Å²) in [5.41, 5.74) is 5.21. The third-order valence-electron chi connectivity index (χ3n) is 3.49. The topological polar surface area (TPSA) is 0 Å². The Bertz CT molecular complexity index is 523. The van der Waals surface area contributed by atoms with Crippen LogP contribution in [0.15, 0.2) is 55.1 Å². The smallest absolute Gasteiger partial charge is 0.0109 e. The first-order valence-corrected chi connectivity index (χ1v) is 7.16. The predicted molar refractivity (Wildman–Crippen MR) is 85.2 cm³/mol. The van der Waals surface area contributed by atoms with E-state index in [0.29, 0.717) is 0 Å². The van der Waals surface area contributed by atoms with Crippen molar-refractivity contribution in [3.05, 3.63) is 66.2 Å². The normalized spacial score (nSPS) is 10.4. The standard InChI is InChI=1S/C19H22/c1-3-5-7-10-16-13-14-17(4-2)19(15-16)18-11-8-6-9-12-18/h4,6,8-9,11-15H,2-3,5,7,10H2,1H3. The van der Waals surface area contributed by atoms with Crippen molar-refractivity contribution in [1.29, 1.82) is 0 Å². The highest BCUT2D eigenvalue weighted by Crippen LogP contribution is 2.26. The van der Waals surface area contributed by atoms with Crippen molar-refractivity contribution in [2.45, 2.75) is 32.6 Å². The number of hydrogen-bond acceptors (Lipinski definition) is 0. The van der Waals surface area contributed by atoms with Crippen molar-refractivity contribution in [3.8, 4) is 11.1 Å². The van der Waals surface area contributed by atoms with Crippen LogP contribution in [0.4, 0.5) is 0 Å². The molecule has 0 saturated heterocycles. The molecule has 2 aromatic rings. The van der Waals surface area contributed by atoms with E-state index >= 15 is 0 Å². The van der Waals surface area contributed by atoms with Gasteiger partial charge in [-0.05, 0) is 35.1 Å². The zero-order chi connectivity index (χ0) is 13.5. The molecule has 0 N–H and O–H groups in total. The van der Waals surface area contributed by atoms with E-state index in [-0.39, 0.29) is 0 Å². The summed E-state index contributed by atoms with van der Waals surface area (Å²) in [6.07, 6.45) is 6.97. The van der Waals surface area contributed by atoms with Crippen LogP contribution in [0.1, 0.15) is 37.3 Å². The molecule has 0 unspecified atom stereocenters. The summed E-state index contributed by atoms with van der Waals surface area (Å²) in [5.74, 6) is 0. The van der Waals surface area contributed by atoms with Crippen molar-refractivity contribution in [3.63, 3.8) is 0 Å². The number of aryl methyl sites for hydroxylation is 1. The van der Waals surface area contributed by atoms with Gasteiger partial charge in [0.05, 0.1) is 0 Å². The monoisotopic (exact) mass is 250 g/mol. The summed E-state index contributed by atoms with van der Waals surface area (Å²) in [5, 5.41) is 0. The van der Waals surface area contributed by atoms with Crippen LogP contribution < -0.4 is 0 Å².